The number of hydrogen-bond donors (Lipinski definition) is 1. The van der Waals surface area contributed by atoms with Crippen LogP contribution in [-0.2, 0) is 6.61 Å². The van der Waals surface area contributed by atoms with Crippen LogP contribution in [0.4, 0.5) is 0 Å². The zero-order valence-electron chi connectivity index (χ0n) is 9.73. The van der Waals surface area contributed by atoms with Gasteiger partial charge in [-0.15, -0.1) is 12.6 Å². The van der Waals surface area contributed by atoms with Crippen molar-refractivity contribution in [1.82, 2.24) is 0 Å². The molecule has 0 N–H and O–H groups in total. The molecule has 96 valence electrons. The van der Waals surface area contributed by atoms with Gasteiger partial charge in [-0.2, -0.15) is 5.26 Å². The van der Waals surface area contributed by atoms with Crippen LogP contribution in [0, 0.1) is 11.3 Å². The number of hydrogen-bond acceptors (Lipinski definition) is 3. The summed E-state index contributed by atoms with van der Waals surface area (Å²) >= 11 is 16.1. The maximum absolute atomic E-state index is 8.78. The molecule has 2 aromatic rings. The molecule has 19 heavy (non-hydrogen) atoms. The molecule has 0 aliphatic carbocycles. The number of thiol groups is 1. The quantitative estimate of drug-likeness (QED) is 0.831. The van der Waals surface area contributed by atoms with Gasteiger partial charge in [-0.25, -0.2) is 0 Å². The Morgan fingerprint density at radius 1 is 1.11 bits per heavy atom. The van der Waals surface area contributed by atoms with Crippen molar-refractivity contribution >= 4 is 35.8 Å². The van der Waals surface area contributed by atoms with Crippen LogP contribution < -0.4 is 4.74 Å². The molecular weight excluding hydrogens is 301 g/mol. The molecule has 0 radical (unpaired) electrons. The first-order valence-corrected chi connectivity index (χ1v) is 6.59. The lowest BCUT2D eigenvalue weighted by Gasteiger charge is -2.09. The Balaban J connectivity index is 2.12. The molecule has 0 heterocycles. The number of nitriles is 1. The van der Waals surface area contributed by atoms with Gasteiger partial charge in [0, 0.05) is 20.5 Å². The van der Waals surface area contributed by atoms with Gasteiger partial charge in [0.05, 0.1) is 11.6 Å². The molecule has 0 fully saturated rings. The molecule has 0 spiro atoms. The fourth-order valence-electron chi connectivity index (χ4n) is 1.53. The molecule has 0 atom stereocenters. The van der Waals surface area contributed by atoms with Crippen LogP contribution in [0.25, 0.3) is 0 Å². The summed E-state index contributed by atoms with van der Waals surface area (Å²) in [4.78, 5) is 0.715. The predicted molar refractivity (Wildman–Crippen MR) is 79.2 cm³/mol. The van der Waals surface area contributed by atoms with E-state index in [4.69, 9.17) is 33.2 Å². The fraction of sp³-hybridized carbons (Fsp3) is 0.0714. The molecule has 0 aromatic heterocycles. The molecule has 0 saturated carbocycles. The third-order valence-corrected chi connectivity index (χ3v) is 3.30. The van der Waals surface area contributed by atoms with Gasteiger partial charge in [0.2, 0.25) is 0 Å². The largest absolute Gasteiger partial charge is 0.489 e. The summed E-state index contributed by atoms with van der Waals surface area (Å²) < 4.78 is 5.61. The fourth-order valence-corrected chi connectivity index (χ4v) is 2.31. The predicted octanol–water partition coefficient (Wildman–Crippen LogP) is 4.73. The van der Waals surface area contributed by atoms with E-state index in [0.29, 0.717) is 32.9 Å². The van der Waals surface area contributed by atoms with Crippen molar-refractivity contribution in [2.24, 2.45) is 0 Å². The van der Waals surface area contributed by atoms with Gasteiger partial charge in [0.25, 0.3) is 0 Å². The van der Waals surface area contributed by atoms with E-state index in [-0.39, 0.29) is 0 Å². The second kappa shape index (κ2) is 6.21. The summed E-state index contributed by atoms with van der Waals surface area (Å²) in [5.74, 6) is 0.592. The minimum absolute atomic E-state index is 0.335. The number of rotatable bonds is 3. The van der Waals surface area contributed by atoms with Crippen LogP contribution in [0.5, 0.6) is 5.75 Å². The standard InChI is InChI=1S/C14H9Cl2NOS/c15-11-4-12(16)6-13(5-11)18-8-10-2-1-9(7-17)3-14(10)19/h1-6,19H,8H2. The van der Waals surface area contributed by atoms with Crippen molar-refractivity contribution in [2.45, 2.75) is 11.5 Å². The van der Waals surface area contributed by atoms with Gasteiger partial charge < -0.3 is 4.74 Å². The summed E-state index contributed by atoms with van der Waals surface area (Å²) in [6, 6.07) is 12.3. The van der Waals surface area contributed by atoms with E-state index in [1.165, 1.54) is 0 Å². The summed E-state index contributed by atoms with van der Waals surface area (Å²) in [6.45, 7) is 0.335. The monoisotopic (exact) mass is 309 g/mol. The van der Waals surface area contributed by atoms with Gasteiger partial charge in [-0.1, -0.05) is 29.3 Å². The van der Waals surface area contributed by atoms with Crippen molar-refractivity contribution in [3.05, 3.63) is 57.6 Å². The number of halogens is 2. The summed E-state index contributed by atoms with van der Waals surface area (Å²) in [5, 5.41) is 9.82. The highest BCUT2D eigenvalue weighted by Crippen LogP contribution is 2.25. The minimum Gasteiger partial charge on any atom is -0.489 e. The second-order valence-corrected chi connectivity index (χ2v) is 5.20. The first kappa shape index (κ1) is 14.1. The number of ether oxygens (including phenoxy) is 1. The van der Waals surface area contributed by atoms with Crippen molar-refractivity contribution in [1.29, 1.82) is 5.26 Å². The van der Waals surface area contributed by atoms with Crippen molar-refractivity contribution in [3.8, 4) is 11.8 Å². The molecule has 0 unspecified atom stereocenters. The Labute approximate surface area is 126 Å². The van der Waals surface area contributed by atoms with Gasteiger partial charge >= 0.3 is 0 Å². The maximum atomic E-state index is 8.78. The smallest absolute Gasteiger partial charge is 0.122 e. The van der Waals surface area contributed by atoms with E-state index in [9.17, 15) is 0 Å². The lowest BCUT2D eigenvalue weighted by Crippen LogP contribution is -1.97. The van der Waals surface area contributed by atoms with E-state index in [1.807, 2.05) is 6.07 Å². The van der Waals surface area contributed by atoms with E-state index >= 15 is 0 Å². The number of benzene rings is 2. The van der Waals surface area contributed by atoms with Crippen molar-refractivity contribution in [2.75, 3.05) is 0 Å². The highest BCUT2D eigenvalue weighted by molar-refractivity contribution is 7.80. The van der Waals surface area contributed by atoms with Gasteiger partial charge in [0.1, 0.15) is 12.4 Å². The summed E-state index contributed by atoms with van der Waals surface area (Å²) in [6.07, 6.45) is 0. The molecule has 2 aromatic carbocycles. The lowest BCUT2D eigenvalue weighted by atomic mass is 10.1. The van der Waals surface area contributed by atoms with Crippen LogP contribution in [0.3, 0.4) is 0 Å². The molecule has 5 heteroatoms. The molecule has 0 saturated heterocycles. The molecule has 0 aliphatic rings. The minimum atomic E-state index is 0.335. The Morgan fingerprint density at radius 2 is 1.79 bits per heavy atom. The third kappa shape index (κ3) is 3.81. The summed E-state index contributed by atoms with van der Waals surface area (Å²) in [5.41, 5.74) is 1.46. The van der Waals surface area contributed by atoms with Crippen LogP contribution in [0.2, 0.25) is 10.0 Å². The zero-order chi connectivity index (χ0) is 13.8. The molecule has 2 rings (SSSR count). The first-order valence-electron chi connectivity index (χ1n) is 5.39. The van der Waals surface area contributed by atoms with E-state index in [1.54, 1.807) is 30.3 Å². The van der Waals surface area contributed by atoms with E-state index in [0.717, 1.165) is 5.56 Å². The lowest BCUT2D eigenvalue weighted by molar-refractivity contribution is 0.303. The van der Waals surface area contributed by atoms with Crippen molar-refractivity contribution < 1.29 is 4.74 Å². The van der Waals surface area contributed by atoms with Crippen LogP contribution >= 0.6 is 35.8 Å². The third-order valence-electron chi connectivity index (χ3n) is 2.44. The van der Waals surface area contributed by atoms with E-state index in [2.05, 4.69) is 18.7 Å². The van der Waals surface area contributed by atoms with Crippen molar-refractivity contribution in [3.63, 3.8) is 0 Å². The first-order chi connectivity index (χ1) is 9.08. The van der Waals surface area contributed by atoms with Crippen LogP contribution in [0.15, 0.2) is 41.3 Å². The Kier molecular flexibility index (Phi) is 4.60. The molecule has 0 amide bonds. The topological polar surface area (TPSA) is 33.0 Å². The van der Waals surface area contributed by atoms with Gasteiger partial charge in [-0.3, -0.25) is 0 Å². The Morgan fingerprint density at radius 3 is 2.37 bits per heavy atom. The average molecular weight is 310 g/mol. The van der Waals surface area contributed by atoms with E-state index < -0.39 is 0 Å². The normalized spacial score (nSPS) is 10.0. The van der Waals surface area contributed by atoms with Gasteiger partial charge in [-0.05, 0) is 30.3 Å². The Hall–Kier alpha value is -1.34. The average Bonchev–Trinajstić information content (AvgIpc) is 2.36. The van der Waals surface area contributed by atoms with Gasteiger partial charge in [0.15, 0.2) is 0 Å². The second-order valence-electron chi connectivity index (χ2n) is 3.85. The molecule has 0 aliphatic heterocycles. The van der Waals surface area contributed by atoms with Crippen LogP contribution in [-0.4, -0.2) is 0 Å². The maximum Gasteiger partial charge on any atom is 0.122 e. The molecular formula is C14H9Cl2NOS. The highest BCUT2D eigenvalue weighted by atomic mass is 35.5. The SMILES string of the molecule is N#Cc1ccc(COc2cc(Cl)cc(Cl)c2)c(S)c1. The van der Waals surface area contributed by atoms with Crippen LogP contribution in [0.1, 0.15) is 11.1 Å². The molecule has 0 bridgehead atoms. The molecule has 2 nitrogen and oxygen atoms in total. The highest BCUT2D eigenvalue weighted by Gasteiger charge is 2.04. The zero-order valence-corrected chi connectivity index (χ0v) is 12.1. The summed E-state index contributed by atoms with van der Waals surface area (Å²) in [7, 11) is 0. The number of nitrogens with zero attached hydrogens (tertiary/aromatic N) is 1. The Bertz CT molecular complexity index is 632.